The zero-order chi connectivity index (χ0) is 24.5. The van der Waals surface area contributed by atoms with Crippen molar-refractivity contribution in [3.8, 4) is 21.9 Å². The SMILES string of the molecule is CN1CCN(C2CCC(c3sc(-c4ccc(Oc5ccccc5)cc4)c4c(N)ncnc34)CC2)CC1. The van der Waals surface area contributed by atoms with Crippen molar-refractivity contribution in [3.05, 3.63) is 65.8 Å². The Kier molecular flexibility index (Phi) is 6.61. The van der Waals surface area contributed by atoms with Crippen LogP contribution >= 0.6 is 11.3 Å². The molecule has 2 aromatic heterocycles. The molecule has 1 saturated carbocycles. The molecular weight excluding hydrogens is 466 g/mol. The van der Waals surface area contributed by atoms with Crippen LogP contribution in [0.3, 0.4) is 0 Å². The van der Waals surface area contributed by atoms with Gasteiger partial charge in [0.15, 0.2) is 0 Å². The molecule has 6 nitrogen and oxygen atoms in total. The van der Waals surface area contributed by atoms with Gasteiger partial charge in [-0.05, 0) is 80.6 Å². The third-order valence-corrected chi connectivity index (χ3v) is 9.16. The maximum atomic E-state index is 6.42. The minimum atomic E-state index is 0.532. The minimum absolute atomic E-state index is 0.532. The number of aromatic nitrogens is 2. The number of benzene rings is 2. The molecule has 3 heterocycles. The van der Waals surface area contributed by atoms with Crippen LogP contribution in [0.2, 0.25) is 0 Å². The van der Waals surface area contributed by atoms with Crippen LogP contribution in [0.25, 0.3) is 21.3 Å². The largest absolute Gasteiger partial charge is 0.457 e. The second-order valence-electron chi connectivity index (χ2n) is 10.1. The summed E-state index contributed by atoms with van der Waals surface area (Å²) in [6, 6.07) is 18.9. The topological polar surface area (TPSA) is 67.5 Å². The molecule has 0 amide bonds. The molecular formula is C29H33N5OS. The van der Waals surface area contributed by atoms with Crippen LogP contribution in [0.5, 0.6) is 11.5 Å². The van der Waals surface area contributed by atoms with Crippen LogP contribution in [0.4, 0.5) is 5.82 Å². The first kappa shape index (κ1) is 23.4. The Hall–Kier alpha value is -3.00. The van der Waals surface area contributed by atoms with Crippen molar-refractivity contribution in [2.24, 2.45) is 0 Å². The highest BCUT2D eigenvalue weighted by molar-refractivity contribution is 7.17. The van der Waals surface area contributed by atoms with Crippen LogP contribution < -0.4 is 10.5 Å². The number of thiophene rings is 1. The van der Waals surface area contributed by atoms with Gasteiger partial charge in [0, 0.05) is 42.0 Å². The quantitative estimate of drug-likeness (QED) is 0.363. The van der Waals surface area contributed by atoms with Crippen molar-refractivity contribution >= 4 is 28.1 Å². The predicted molar refractivity (Wildman–Crippen MR) is 148 cm³/mol. The summed E-state index contributed by atoms with van der Waals surface area (Å²) in [6.07, 6.45) is 6.55. The summed E-state index contributed by atoms with van der Waals surface area (Å²) < 4.78 is 5.99. The Morgan fingerprint density at radius 3 is 2.28 bits per heavy atom. The van der Waals surface area contributed by atoms with Crippen LogP contribution in [0, 0.1) is 0 Å². The van der Waals surface area contributed by atoms with Gasteiger partial charge in [-0.2, -0.15) is 0 Å². The number of para-hydroxylation sites is 1. The zero-order valence-corrected chi connectivity index (χ0v) is 21.6. The second-order valence-corrected chi connectivity index (χ2v) is 11.1. The summed E-state index contributed by atoms with van der Waals surface area (Å²) in [4.78, 5) is 16.8. The number of nitrogen functional groups attached to an aromatic ring is 1. The van der Waals surface area contributed by atoms with E-state index < -0.39 is 0 Å². The summed E-state index contributed by atoms with van der Waals surface area (Å²) in [6.45, 7) is 4.77. The zero-order valence-electron chi connectivity index (χ0n) is 20.8. The van der Waals surface area contributed by atoms with Crippen LogP contribution in [0.1, 0.15) is 36.5 Å². The highest BCUT2D eigenvalue weighted by Crippen LogP contribution is 2.47. The molecule has 4 aromatic rings. The van der Waals surface area contributed by atoms with E-state index in [1.165, 1.54) is 56.7 Å². The molecule has 36 heavy (non-hydrogen) atoms. The van der Waals surface area contributed by atoms with Gasteiger partial charge in [-0.1, -0.05) is 18.2 Å². The predicted octanol–water partition coefficient (Wildman–Crippen LogP) is 6.01. The second kappa shape index (κ2) is 10.2. The molecule has 1 saturated heterocycles. The van der Waals surface area contributed by atoms with Gasteiger partial charge in [0.25, 0.3) is 0 Å². The lowest BCUT2D eigenvalue weighted by Gasteiger charge is -2.41. The number of ether oxygens (including phenoxy) is 1. The Morgan fingerprint density at radius 2 is 1.56 bits per heavy atom. The first-order valence-electron chi connectivity index (χ1n) is 12.9. The summed E-state index contributed by atoms with van der Waals surface area (Å²) in [5, 5.41) is 0.996. The van der Waals surface area contributed by atoms with Crippen LogP contribution in [0.15, 0.2) is 60.9 Å². The van der Waals surface area contributed by atoms with Gasteiger partial charge in [-0.3, -0.25) is 4.90 Å². The first-order valence-corrected chi connectivity index (χ1v) is 13.8. The molecule has 0 spiro atoms. The van der Waals surface area contributed by atoms with E-state index in [0.717, 1.165) is 38.9 Å². The van der Waals surface area contributed by atoms with Crippen molar-refractivity contribution in [2.45, 2.75) is 37.6 Å². The van der Waals surface area contributed by atoms with Crippen LogP contribution in [-0.4, -0.2) is 59.0 Å². The lowest BCUT2D eigenvalue weighted by Crippen LogP contribution is -2.49. The molecule has 2 aromatic carbocycles. The van der Waals surface area contributed by atoms with E-state index in [2.05, 4.69) is 34.0 Å². The molecule has 1 aliphatic carbocycles. The van der Waals surface area contributed by atoms with Crippen LogP contribution in [-0.2, 0) is 0 Å². The van der Waals surface area contributed by atoms with Crippen molar-refractivity contribution in [1.29, 1.82) is 0 Å². The van der Waals surface area contributed by atoms with E-state index in [0.29, 0.717) is 11.7 Å². The number of hydrogen-bond acceptors (Lipinski definition) is 7. The number of rotatable bonds is 5. The third-order valence-electron chi connectivity index (χ3n) is 7.77. The molecule has 0 radical (unpaired) electrons. The highest BCUT2D eigenvalue weighted by atomic mass is 32.1. The van der Waals surface area contributed by atoms with Gasteiger partial charge < -0.3 is 15.4 Å². The number of fused-ring (bicyclic) bond motifs is 1. The van der Waals surface area contributed by atoms with Gasteiger partial charge >= 0.3 is 0 Å². The lowest BCUT2D eigenvalue weighted by molar-refractivity contribution is 0.0881. The molecule has 0 unspecified atom stereocenters. The number of nitrogens with zero attached hydrogens (tertiary/aromatic N) is 4. The van der Waals surface area contributed by atoms with Crippen molar-refractivity contribution in [3.63, 3.8) is 0 Å². The average molecular weight is 500 g/mol. The molecule has 1 aliphatic heterocycles. The standard InChI is InChI=1S/C29H33N5OS/c1-33-15-17-34(18-16-33)22-11-7-21(8-12-22)28-26-25(29(30)32-19-31-26)27(36-28)20-9-13-24(14-10-20)35-23-5-3-2-4-6-23/h2-6,9-10,13-14,19,21-22H,7-8,11-12,15-18H2,1H3,(H2,30,31,32). The number of hydrogen-bond donors (Lipinski definition) is 1. The number of anilines is 1. The molecule has 6 rings (SSSR count). The highest BCUT2D eigenvalue weighted by Gasteiger charge is 2.31. The van der Waals surface area contributed by atoms with Gasteiger partial charge in [-0.25, -0.2) is 9.97 Å². The fourth-order valence-electron chi connectivity index (χ4n) is 5.69. The molecule has 0 atom stereocenters. The van der Waals surface area contributed by atoms with E-state index >= 15 is 0 Å². The normalized spacial score (nSPS) is 21.6. The molecule has 7 heteroatoms. The molecule has 0 bridgehead atoms. The van der Waals surface area contributed by atoms with Crippen molar-refractivity contribution < 1.29 is 4.74 Å². The Bertz CT molecular complexity index is 1310. The smallest absolute Gasteiger partial charge is 0.136 e. The maximum Gasteiger partial charge on any atom is 0.136 e. The number of nitrogens with two attached hydrogens (primary N) is 1. The summed E-state index contributed by atoms with van der Waals surface area (Å²) in [5.41, 5.74) is 8.59. The van der Waals surface area contributed by atoms with Crippen molar-refractivity contribution in [2.75, 3.05) is 39.0 Å². The van der Waals surface area contributed by atoms with Gasteiger partial charge in [-0.15, -0.1) is 11.3 Å². The van der Waals surface area contributed by atoms with E-state index in [1.54, 1.807) is 6.33 Å². The van der Waals surface area contributed by atoms with Gasteiger partial charge in [0.1, 0.15) is 23.6 Å². The van der Waals surface area contributed by atoms with Gasteiger partial charge in [0.2, 0.25) is 0 Å². The summed E-state index contributed by atoms with van der Waals surface area (Å²) >= 11 is 1.85. The molecule has 186 valence electrons. The van der Waals surface area contributed by atoms with Crippen molar-refractivity contribution in [1.82, 2.24) is 19.8 Å². The van der Waals surface area contributed by atoms with E-state index in [-0.39, 0.29) is 0 Å². The fourth-order valence-corrected chi connectivity index (χ4v) is 7.12. The Labute approximate surface area is 216 Å². The first-order chi connectivity index (χ1) is 17.7. The molecule has 2 aliphatic rings. The Morgan fingerprint density at radius 1 is 0.861 bits per heavy atom. The minimum Gasteiger partial charge on any atom is -0.457 e. The molecule has 2 fully saturated rings. The number of piperazine rings is 1. The molecule has 2 N–H and O–H groups in total. The average Bonchev–Trinajstić information content (AvgIpc) is 3.31. The maximum absolute atomic E-state index is 6.42. The summed E-state index contributed by atoms with van der Waals surface area (Å²) in [7, 11) is 2.23. The third kappa shape index (κ3) is 4.71. The monoisotopic (exact) mass is 499 g/mol. The number of likely N-dealkylation sites (N-methyl/N-ethyl adjacent to an activating group) is 1. The van der Waals surface area contributed by atoms with E-state index in [4.69, 9.17) is 15.5 Å². The van der Waals surface area contributed by atoms with Gasteiger partial charge in [0.05, 0.1) is 10.9 Å². The van der Waals surface area contributed by atoms with E-state index in [1.807, 2.05) is 53.8 Å². The van der Waals surface area contributed by atoms with E-state index in [9.17, 15) is 0 Å². The fraction of sp³-hybridized carbons (Fsp3) is 0.379. The summed E-state index contributed by atoms with van der Waals surface area (Å²) in [5.74, 6) is 2.75. The lowest BCUT2D eigenvalue weighted by atomic mass is 9.84. The Balaban J connectivity index is 1.24.